The van der Waals surface area contributed by atoms with Crippen molar-refractivity contribution >= 4 is 12.4 Å². The lowest BCUT2D eigenvalue weighted by molar-refractivity contribution is 0.372. The van der Waals surface area contributed by atoms with Gasteiger partial charge in [0.25, 0.3) is 5.89 Å². The molecule has 2 N–H and O–H groups in total. The van der Waals surface area contributed by atoms with Gasteiger partial charge in [-0.15, -0.1) is 12.4 Å². The summed E-state index contributed by atoms with van der Waals surface area (Å²) in [6, 6.07) is 8.32. The Labute approximate surface area is 165 Å². The van der Waals surface area contributed by atoms with E-state index in [-0.39, 0.29) is 18.3 Å². The van der Waals surface area contributed by atoms with E-state index < -0.39 is 5.54 Å². The lowest BCUT2D eigenvalue weighted by Gasteiger charge is -2.17. The number of hydrogen-bond acceptors (Lipinski definition) is 5. The maximum absolute atomic E-state index is 6.47. The van der Waals surface area contributed by atoms with Crippen LogP contribution in [0.5, 0.6) is 0 Å². The van der Waals surface area contributed by atoms with Gasteiger partial charge < -0.3 is 10.3 Å². The molecule has 2 heterocycles. The molecule has 0 atom stereocenters. The smallest absolute Gasteiger partial charge is 0.261 e. The van der Waals surface area contributed by atoms with E-state index in [1.807, 2.05) is 10.9 Å². The van der Waals surface area contributed by atoms with Gasteiger partial charge in [0.1, 0.15) is 0 Å². The summed E-state index contributed by atoms with van der Waals surface area (Å²) in [4.78, 5) is 4.64. The average molecular weight is 388 g/mol. The molecule has 0 unspecified atom stereocenters. The Morgan fingerprint density at radius 1 is 1.15 bits per heavy atom. The third-order valence-electron chi connectivity index (χ3n) is 5.23. The van der Waals surface area contributed by atoms with E-state index in [4.69, 9.17) is 10.3 Å². The van der Waals surface area contributed by atoms with Crippen molar-refractivity contribution in [3.63, 3.8) is 0 Å². The topological polar surface area (TPSA) is 82.8 Å². The molecule has 144 valence electrons. The molecule has 7 heteroatoms. The highest BCUT2D eigenvalue weighted by Gasteiger charge is 2.36. The van der Waals surface area contributed by atoms with Gasteiger partial charge in [0.05, 0.1) is 28.7 Å². The second-order valence-electron chi connectivity index (χ2n) is 7.63. The van der Waals surface area contributed by atoms with E-state index in [2.05, 4.69) is 60.3 Å². The summed E-state index contributed by atoms with van der Waals surface area (Å²) in [6.07, 6.45) is 5.85. The Balaban J connectivity index is 0.00000210. The molecule has 27 heavy (non-hydrogen) atoms. The van der Waals surface area contributed by atoms with Crippen LogP contribution in [0.15, 0.2) is 35.0 Å². The molecule has 3 aromatic rings. The molecule has 1 aliphatic carbocycles. The van der Waals surface area contributed by atoms with Crippen molar-refractivity contribution in [2.75, 3.05) is 0 Å². The van der Waals surface area contributed by atoms with E-state index in [0.29, 0.717) is 11.7 Å². The van der Waals surface area contributed by atoms with Gasteiger partial charge in [0, 0.05) is 0 Å². The van der Waals surface area contributed by atoms with Crippen molar-refractivity contribution in [3.05, 3.63) is 47.5 Å². The standard InChI is InChI=1S/C20H25N5O.ClH/c1-13(2)17-16(12-22-25(17)15-8-6-14(3)7-9-15)18-23-19(24-26-18)20(21)10-4-5-11-20;/h6-9,12-13H,4-5,10-11,21H2,1-3H3;1H. The fraction of sp³-hybridized carbons (Fsp3) is 0.450. The highest BCUT2D eigenvalue weighted by molar-refractivity contribution is 5.85. The zero-order chi connectivity index (χ0) is 18.3. The van der Waals surface area contributed by atoms with Gasteiger partial charge >= 0.3 is 0 Å². The summed E-state index contributed by atoms with van der Waals surface area (Å²) < 4.78 is 7.55. The van der Waals surface area contributed by atoms with Crippen LogP contribution in [0.2, 0.25) is 0 Å². The first-order valence-electron chi connectivity index (χ1n) is 9.26. The van der Waals surface area contributed by atoms with Crippen molar-refractivity contribution in [1.82, 2.24) is 19.9 Å². The van der Waals surface area contributed by atoms with Crippen molar-refractivity contribution < 1.29 is 4.52 Å². The van der Waals surface area contributed by atoms with Crippen molar-refractivity contribution in [1.29, 1.82) is 0 Å². The van der Waals surface area contributed by atoms with Gasteiger partial charge in [-0.2, -0.15) is 10.1 Å². The van der Waals surface area contributed by atoms with Gasteiger partial charge in [0.15, 0.2) is 5.82 Å². The van der Waals surface area contributed by atoms with E-state index in [0.717, 1.165) is 42.6 Å². The van der Waals surface area contributed by atoms with Gasteiger partial charge in [-0.05, 0) is 37.8 Å². The maximum Gasteiger partial charge on any atom is 0.261 e. The SMILES string of the molecule is Cc1ccc(-n2ncc(-c3nc(C4(N)CCCC4)no3)c2C(C)C)cc1.Cl. The lowest BCUT2D eigenvalue weighted by Crippen LogP contribution is -2.34. The number of aryl methyl sites for hydroxylation is 1. The Bertz CT molecular complexity index is 907. The van der Waals surface area contributed by atoms with Gasteiger partial charge in [-0.3, -0.25) is 0 Å². The van der Waals surface area contributed by atoms with Crippen LogP contribution in [0, 0.1) is 6.92 Å². The Hall–Kier alpha value is -2.18. The molecule has 6 nitrogen and oxygen atoms in total. The number of halogens is 1. The normalized spacial score (nSPS) is 15.9. The number of nitrogens with zero attached hydrogens (tertiary/aromatic N) is 4. The molecule has 0 spiro atoms. The quantitative estimate of drug-likeness (QED) is 0.712. The average Bonchev–Trinajstić information content (AvgIpc) is 3.34. The predicted molar refractivity (Wildman–Crippen MR) is 107 cm³/mol. The number of aromatic nitrogens is 4. The number of rotatable bonds is 4. The molecule has 0 aliphatic heterocycles. The zero-order valence-electron chi connectivity index (χ0n) is 16.0. The highest BCUT2D eigenvalue weighted by atomic mass is 35.5. The Morgan fingerprint density at radius 3 is 2.44 bits per heavy atom. The fourth-order valence-electron chi connectivity index (χ4n) is 3.73. The van der Waals surface area contributed by atoms with Crippen LogP contribution >= 0.6 is 12.4 Å². The van der Waals surface area contributed by atoms with Crippen molar-refractivity contribution in [2.45, 2.75) is 57.9 Å². The van der Waals surface area contributed by atoms with Crippen LogP contribution in [0.4, 0.5) is 0 Å². The van der Waals surface area contributed by atoms with Gasteiger partial charge in [-0.1, -0.05) is 49.5 Å². The van der Waals surface area contributed by atoms with E-state index in [1.165, 1.54) is 5.56 Å². The van der Waals surface area contributed by atoms with Crippen LogP contribution in [0.3, 0.4) is 0 Å². The zero-order valence-corrected chi connectivity index (χ0v) is 16.8. The van der Waals surface area contributed by atoms with Crippen LogP contribution < -0.4 is 5.73 Å². The first kappa shape index (κ1) is 19.6. The van der Waals surface area contributed by atoms with E-state index >= 15 is 0 Å². The molecular formula is C20H26ClN5O. The predicted octanol–water partition coefficient (Wildman–Crippen LogP) is 4.50. The molecule has 1 aromatic carbocycles. The molecule has 1 saturated carbocycles. The number of benzene rings is 1. The first-order valence-corrected chi connectivity index (χ1v) is 9.26. The van der Waals surface area contributed by atoms with Crippen molar-refractivity contribution in [2.24, 2.45) is 5.73 Å². The van der Waals surface area contributed by atoms with Gasteiger partial charge in [0.2, 0.25) is 0 Å². The lowest BCUT2D eigenvalue weighted by atomic mass is 9.98. The minimum Gasteiger partial charge on any atom is -0.334 e. The molecule has 0 amide bonds. The third kappa shape index (κ3) is 3.51. The minimum absolute atomic E-state index is 0. The van der Waals surface area contributed by atoms with E-state index in [9.17, 15) is 0 Å². The van der Waals surface area contributed by atoms with Crippen LogP contribution in [0.25, 0.3) is 17.1 Å². The molecule has 1 fully saturated rings. The Morgan fingerprint density at radius 2 is 1.81 bits per heavy atom. The molecule has 0 radical (unpaired) electrons. The molecular weight excluding hydrogens is 362 g/mol. The maximum atomic E-state index is 6.47. The fourth-order valence-corrected chi connectivity index (χ4v) is 3.73. The summed E-state index contributed by atoms with van der Waals surface area (Å²) in [5.74, 6) is 1.36. The summed E-state index contributed by atoms with van der Waals surface area (Å²) in [7, 11) is 0. The number of nitrogens with two attached hydrogens (primary N) is 1. The molecule has 1 aliphatic rings. The summed E-state index contributed by atoms with van der Waals surface area (Å²) in [6.45, 7) is 6.36. The highest BCUT2D eigenvalue weighted by Crippen LogP contribution is 2.36. The summed E-state index contributed by atoms with van der Waals surface area (Å²) >= 11 is 0. The van der Waals surface area contributed by atoms with Gasteiger partial charge in [-0.25, -0.2) is 4.68 Å². The largest absolute Gasteiger partial charge is 0.334 e. The van der Waals surface area contributed by atoms with Crippen LogP contribution in [-0.2, 0) is 5.54 Å². The monoisotopic (exact) mass is 387 g/mol. The summed E-state index contributed by atoms with van der Waals surface area (Å²) in [5, 5.41) is 8.79. The second kappa shape index (κ2) is 7.44. The second-order valence-corrected chi connectivity index (χ2v) is 7.63. The number of hydrogen-bond donors (Lipinski definition) is 1. The van der Waals surface area contributed by atoms with E-state index in [1.54, 1.807) is 0 Å². The van der Waals surface area contributed by atoms with Crippen LogP contribution in [0.1, 0.15) is 62.5 Å². The molecule has 2 aromatic heterocycles. The van der Waals surface area contributed by atoms with Crippen molar-refractivity contribution in [3.8, 4) is 17.1 Å². The molecule has 0 saturated heterocycles. The Kier molecular flexibility index (Phi) is 5.40. The first-order chi connectivity index (χ1) is 12.5. The minimum atomic E-state index is -0.452. The third-order valence-corrected chi connectivity index (χ3v) is 5.23. The molecule has 4 rings (SSSR count). The van der Waals surface area contributed by atoms with Crippen LogP contribution in [-0.4, -0.2) is 19.9 Å². The molecule has 0 bridgehead atoms. The summed E-state index contributed by atoms with van der Waals surface area (Å²) in [5.41, 5.74) is 10.2.